The molecule has 3 rings (SSSR count). The zero-order chi connectivity index (χ0) is 9.54. The average Bonchev–Trinajstić information content (AvgIpc) is 2.59. The Hall–Kier alpha value is -0.396. The maximum absolute atomic E-state index is 2.26. The smallest absolute Gasteiger partial charge is 1.00 e. The van der Waals surface area contributed by atoms with Gasteiger partial charge < -0.3 is 24.8 Å². The van der Waals surface area contributed by atoms with Gasteiger partial charge in [0.25, 0.3) is 0 Å². The normalized spacial score (nSPS) is 9.24. The number of fused-ring (bicyclic) bond motifs is 3. The minimum absolute atomic E-state index is 0. The standard InChI is InChI=1S/C14H11.2ClH.Ti/c1-10-8-12-7-6-11-4-2-3-5-13(11)14(12)9-10;;;/h2-9H,1H3;2*1H;/q-1;;;+3/p-2. The van der Waals surface area contributed by atoms with Crippen molar-refractivity contribution in [3.63, 3.8) is 0 Å². The third-order valence-electron chi connectivity index (χ3n) is 2.76. The largest absolute Gasteiger partial charge is 3.00 e. The van der Waals surface area contributed by atoms with Crippen molar-refractivity contribution >= 4 is 21.5 Å². The minimum atomic E-state index is 0. The monoisotopic (exact) mass is 297 g/mol. The van der Waals surface area contributed by atoms with Crippen molar-refractivity contribution in [3.05, 3.63) is 54.1 Å². The maximum atomic E-state index is 2.26. The number of rotatable bonds is 0. The number of hydrogen-bond acceptors (Lipinski definition) is 0. The van der Waals surface area contributed by atoms with E-state index >= 15 is 0 Å². The molecular weight excluding hydrogens is 287 g/mol. The third kappa shape index (κ3) is 2.89. The fourth-order valence-corrected chi connectivity index (χ4v) is 2.11. The van der Waals surface area contributed by atoms with Crippen LogP contribution in [0.25, 0.3) is 21.5 Å². The molecule has 3 heteroatoms. The van der Waals surface area contributed by atoms with Crippen LogP contribution in [0.1, 0.15) is 5.56 Å². The quantitative estimate of drug-likeness (QED) is 0.333. The first kappa shape index (κ1) is 16.6. The van der Waals surface area contributed by atoms with Gasteiger partial charge in [-0.1, -0.05) is 42.6 Å². The second-order valence-corrected chi connectivity index (χ2v) is 3.82. The average molecular weight is 298 g/mol. The van der Waals surface area contributed by atoms with E-state index in [0.717, 1.165) is 0 Å². The van der Waals surface area contributed by atoms with Crippen molar-refractivity contribution in [2.75, 3.05) is 0 Å². The molecule has 0 saturated carbocycles. The molecule has 0 aromatic heterocycles. The van der Waals surface area contributed by atoms with Gasteiger partial charge >= 0.3 is 21.7 Å². The molecular formula is C14H11Cl2Ti. The summed E-state index contributed by atoms with van der Waals surface area (Å²) in [4.78, 5) is 0. The Morgan fingerprint density at radius 1 is 0.882 bits per heavy atom. The molecule has 3 aromatic rings. The van der Waals surface area contributed by atoms with Gasteiger partial charge in [0.1, 0.15) is 0 Å². The minimum Gasteiger partial charge on any atom is -1.00 e. The Labute approximate surface area is 128 Å². The SMILES string of the molecule is Cc1cc2c(ccc3ccccc32)[cH-]1.[Cl-].[Cl-].[Ti+3]. The van der Waals surface area contributed by atoms with Crippen LogP contribution >= 0.6 is 0 Å². The molecule has 85 valence electrons. The van der Waals surface area contributed by atoms with Crippen LogP contribution in [0.2, 0.25) is 0 Å². The van der Waals surface area contributed by atoms with Gasteiger partial charge in [0.15, 0.2) is 0 Å². The maximum Gasteiger partial charge on any atom is 3.00 e. The second kappa shape index (κ2) is 6.51. The first-order chi connectivity index (χ1) is 6.84. The molecule has 0 aliphatic rings. The summed E-state index contributed by atoms with van der Waals surface area (Å²) in [6.07, 6.45) is 0. The van der Waals surface area contributed by atoms with Gasteiger partial charge in [-0.05, 0) is 5.39 Å². The number of hydrogen-bond donors (Lipinski definition) is 0. The Balaban J connectivity index is 0.000000853. The second-order valence-electron chi connectivity index (χ2n) is 3.82. The summed E-state index contributed by atoms with van der Waals surface area (Å²) in [5.41, 5.74) is 1.34. The van der Waals surface area contributed by atoms with E-state index in [1.165, 1.54) is 27.1 Å². The Morgan fingerprint density at radius 3 is 2.35 bits per heavy atom. The summed E-state index contributed by atoms with van der Waals surface area (Å²) >= 11 is 0. The van der Waals surface area contributed by atoms with Crippen molar-refractivity contribution in [2.45, 2.75) is 6.92 Å². The topological polar surface area (TPSA) is 0 Å². The molecule has 0 N–H and O–H groups in total. The van der Waals surface area contributed by atoms with Gasteiger partial charge in [0, 0.05) is 0 Å². The molecule has 0 fully saturated rings. The predicted octanol–water partition coefficient (Wildman–Crippen LogP) is -1.97. The molecule has 0 atom stereocenters. The van der Waals surface area contributed by atoms with Crippen molar-refractivity contribution < 1.29 is 46.5 Å². The molecule has 0 amide bonds. The van der Waals surface area contributed by atoms with Crippen LogP contribution in [0.5, 0.6) is 0 Å². The Kier molecular flexibility index (Phi) is 6.36. The molecule has 17 heavy (non-hydrogen) atoms. The van der Waals surface area contributed by atoms with E-state index < -0.39 is 0 Å². The molecule has 0 aliphatic carbocycles. The van der Waals surface area contributed by atoms with Crippen molar-refractivity contribution in [1.29, 1.82) is 0 Å². The molecule has 0 unspecified atom stereocenters. The van der Waals surface area contributed by atoms with E-state index in [1.54, 1.807) is 0 Å². The Bertz CT molecular complexity index is 614. The fraction of sp³-hybridized carbons (Fsp3) is 0.0714. The summed E-state index contributed by atoms with van der Waals surface area (Å²) in [6, 6.07) is 17.4. The zero-order valence-corrected chi connectivity index (χ0v) is 12.4. The van der Waals surface area contributed by atoms with Gasteiger partial charge in [-0.3, -0.25) is 0 Å². The van der Waals surface area contributed by atoms with E-state index in [2.05, 4.69) is 55.5 Å². The zero-order valence-electron chi connectivity index (χ0n) is 9.37. The molecule has 0 spiro atoms. The van der Waals surface area contributed by atoms with E-state index in [9.17, 15) is 0 Å². The van der Waals surface area contributed by atoms with Crippen LogP contribution in [0.4, 0.5) is 0 Å². The van der Waals surface area contributed by atoms with E-state index in [-0.39, 0.29) is 46.5 Å². The van der Waals surface area contributed by atoms with E-state index in [4.69, 9.17) is 0 Å². The summed E-state index contributed by atoms with van der Waals surface area (Å²) in [7, 11) is 0. The van der Waals surface area contributed by atoms with Crippen molar-refractivity contribution in [1.82, 2.24) is 0 Å². The third-order valence-corrected chi connectivity index (χ3v) is 2.76. The van der Waals surface area contributed by atoms with Gasteiger partial charge in [0.2, 0.25) is 0 Å². The van der Waals surface area contributed by atoms with Crippen LogP contribution in [-0.2, 0) is 21.7 Å². The number of halogens is 2. The van der Waals surface area contributed by atoms with E-state index in [0.29, 0.717) is 0 Å². The van der Waals surface area contributed by atoms with Gasteiger partial charge in [-0.2, -0.15) is 6.07 Å². The van der Waals surface area contributed by atoms with Gasteiger partial charge in [-0.15, -0.1) is 28.5 Å². The van der Waals surface area contributed by atoms with Crippen LogP contribution in [0.15, 0.2) is 48.5 Å². The van der Waals surface area contributed by atoms with Crippen molar-refractivity contribution in [2.24, 2.45) is 0 Å². The summed E-state index contributed by atoms with van der Waals surface area (Å²) < 4.78 is 0. The summed E-state index contributed by atoms with van der Waals surface area (Å²) in [6.45, 7) is 2.15. The molecule has 1 radical (unpaired) electrons. The summed E-state index contributed by atoms with van der Waals surface area (Å²) in [5, 5.41) is 5.41. The molecule has 3 aromatic carbocycles. The molecule has 0 heterocycles. The molecule has 0 saturated heterocycles. The molecule has 0 nitrogen and oxygen atoms in total. The first-order valence-corrected chi connectivity index (χ1v) is 4.89. The Morgan fingerprint density at radius 2 is 1.59 bits per heavy atom. The van der Waals surface area contributed by atoms with Gasteiger partial charge in [-0.25, -0.2) is 0 Å². The van der Waals surface area contributed by atoms with Crippen LogP contribution in [0, 0.1) is 6.92 Å². The summed E-state index contributed by atoms with van der Waals surface area (Å²) in [5.74, 6) is 0. The molecule has 0 aliphatic heterocycles. The van der Waals surface area contributed by atoms with Crippen LogP contribution in [0.3, 0.4) is 0 Å². The van der Waals surface area contributed by atoms with E-state index in [1.807, 2.05) is 0 Å². The number of aryl methyl sites for hydroxylation is 1. The number of benzene rings is 2. The van der Waals surface area contributed by atoms with Crippen LogP contribution in [-0.4, -0.2) is 0 Å². The van der Waals surface area contributed by atoms with Crippen LogP contribution < -0.4 is 24.8 Å². The fourth-order valence-electron chi connectivity index (χ4n) is 2.11. The molecule has 0 bridgehead atoms. The van der Waals surface area contributed by atoms with Gasteiger partial charge in [0.05, 0.1) is 0 Å². The predicted molar refractivity (Wildman–Crippen MR) is 61.8 cm³/mol. The van der Waals surface area contributed by atoms with Crippen molar-refractivity contribution in [3.8, 4) is 0 Å². The first-order valence-electron chi connectivity index (χ1n) is 4.89.